The van der Waals surface area contributed by atoms with E-state index in [-0.39, 0.29) is 42.5 Å². The summed E-state index contributed by atoms with van der Waals surface area (Å²) in [5, 5.41) is 8.77. The van der Waals surface area contributed by atoms with Crippen LogP contribution in [0.15, 0.2) is 23.2 Å². The van der Waals surface area contributed by atoms with Crippen LogP contribution in [0.25, 0.3) is 0 Å². The van der Waals surface area contributed by atoms with Crippen LogP contribution in [0.1, 0.15) is 5.56 Å². The molecule has 0 bridgehead atoms. The van der Waals surface area contributed by atoms with Crippen LogP contribution in [-0.4, -0.2) is 70.2 Å². The van der Waals surface area contributed by atoms with E-state index in [1.807, 2.05) is 18.2 Å². The maximum Gasteiger partial charge on any atom is 0.324 e. The molecule has 0 atom stereocenters. The molecule has 27 heavy (non-hydrogen) atoms. The van der Waals surface area contributed by atoms with Gasteiger partial charge in [-0.15, -0.1) is 24.0 Å². The van der Waals surface area contributed by atoms with Crippen molar-refractivity contribution < 1.29 is 19.1 Å². The first-order chi connectivity index (χ1) is 12.6. The molecule has 1 heterocycles. The molecule has 9 nitrogen and oxygen atoms in total. The third kappa shape index (κ3) is 6.45. The second kappa shape index (κ2) is 11.5. The standard InChI is InChI=1S/C17H25N5O4.HI/c1-18-16(20-8-9-22-15(23)11-21-17(22)24)19-7-6-12-4-5-13(25-2)14(10-12)26-3;/h4-5,10H,6-9,11H2,1-3H3,(H,21,24)(H2,18,19,20);1H. The van der Waals surface area contributed by atoms with Crippen molar-refractivity contribution in [3.63, 3.8) is 0 Å². The number of hydrogen-bond donors (Lipinski definition) is 3. The van der Waals surface area contributed by atoms with Gasteiger partial charge in [-0.25, -0.2) is 4.79 Å². The van der Waals surface area contributed by atoms with E-state index < -0.39 is 0 Å². The highest BCUT2D eigenvalue weighted by Crippen LogP contribution is 2.27. The first-order valence-electron chi connectivity index (χ1n) is 8.32. The summed E-state index contributed by atoms with van der Waals surface area (Å²) >= 11 is 0. The van der Waals surface area contributed by atoms with E-state index in [0.717, 1.165) is 12.0 Å². The number of rotatable bonds is 8. The average Bonchev–Trinajstić information content (AvgIpc) is 2.98. The molecule has 0 spiro atoms. The van der Waals surface area contributed by atoms with Crippen LogP contribution >= 0.6 is 24.0 Å². The topological polar surface area (TPSA) is 104 Å². The highest BCUT2D eigenvalue weighted by atomic mass is 127. The molecule has 1 aliphatic rings. The third-order valence-electron chi connectivity index (χ3n) is 3.94. The summed E-state index contributed by atoms with van der Waals surface area (Å²) in [6.07, 6.45) is 0.772. The Hall–Kier alpha value is -2.24. The molecule has 1 fully saturated rings. The first-order valence-corrected chi connectivity index (χ1v) is 8.32. The van der Waals surface area contributed by atoms with Gasteiger partial charge in [0.1, 0.15) is 0 Å². The van der Waals surface area contributed by atoms with E-state index >= 15 is 0 Å². The van der Waals surface area contributed by atoms with Crippen molar-refractivity contribution in [3.05, 3.63) is 23.8 Å². The number of urea groups is 1. The maximum absolute atomic E-state index is 11.5. The predicted molar refractivity (Wildman–Crippen MR) is 113 cm³/mol. The zero-order chi connectivity index (χ0) is 18.9. The van der Waals surface area contributed by atoms with Crippen molar-refractivity contribution in [2.24, 2.45) is 4.99 Å². The van der Waals surface area contributed by atoms with E-state index in [2.05, 4.69) is 20.9 Å². The van der Waals surface area contributed by atoms with Gasteiger partial charge in [0.25, 0.3) is 0 Å². The van der Waals surface area contributed by atoms with E-state index in [9.17, 15) is 9.59 Å². The van der Waals surface area contributed by atoms with E-state index in [4.69, 9.17) is 9.47 Å². The minimum Gasteiger partial charge on any atom is -0.493 e. The smallest absolute Gasteiger partial charge is 0.324 e. The molecule has 3 amide bonds. The van der Waals surface area contributed by atoms with Crippen molar-refractivity contribution >= 4 is 41.9 Å². The Morgan fingerprint density at radius 1 is 1.19 bits per heavy atom. The minimum atomic E-state index is -0.354. The molecular weight excluding hydrogens is 465 g/mol. The molecule has 2 rings (SSSR count). The fraction of sp³-hybridized carbons (Fsp3) is 0.471. The number of amides is 3. The quantitative estimate of drug-likeness (QED) is 0.213. The van der Waals surface area contributed by atoms with Crippen molar-refractivity contribution in [2.75, 3.05) is 47.4 Å². The lowest BCUT2D eigenvalue weighted by Crippen LogP contribution is -2.43. The second-order valence-corrected chi connectivity index (χ2v) is 5.57. The lowest BCUT2D eigenvalue weighted by molar-refractivity contribution is -0.124. The van der Waals surface area contributed by atoms with Gasteiger partial charge in [0.15, 0.2) is 17.5 Å². The number of aliphatic imine (C=N–C) groups is 1. The first kappa shape index (κ1) is 22.8. The average molecular weight is 491 g/mol. The fourth-order valence-electron chi connectivity index (χ4n) is 2.55. The summed E-state index contributed by atoms with van der Waals surface area (Å²) in [7, 11) is 4.88. The molecule has 1 saturated heterocycles. The predicted octanol–water partition coefficient (Wildman–Crippen LogP) is 0.581. The summed E-state index contributed by atoms with van der Waals surface area (Å²) in [6.45, 7) is 1.45. The molecule has 0 unspecified atom stereocenters. The number of nitrogens with one attached hydrogen (secondary N) is 3. The summed E-state index contributed by atoms with van der Waals surface area (Å²) < 4.78 is 10.5. The van der Waals surface area contributed by atoms with Gasteiger partial charge in [0.2, 0.25) is 5.91 Å². The van der Waals surface area contributed by atoms with E-state index in [1.165, 1.54) is 4.90 Å². The monoisotopic (exact) mass is 491 g/mol. The maximum atomic E-state index is 11.5. The van der Waals surface area contributed by atoms with Gasteiger partial charge in [0.05, 0.1) is 20.8 Å². The number of nitrogens with zero attached hydrogens (tertiary/aromatic N) is 2. The van der Waals surface area contributed by atoms with E-state index in [1.54, 1.807) is 21.3 Å². The molecule has 0 aromatic heterocycles. The highest BCUT2D eigenvalue weighted by Gasteiger charge is 2.27. The molecule has 150 valence electrons. The lowest BCUT2D eigenvalue weighted by Gasteiger charge is -2.15. The van der Waals surface area contributed by atoms with Crippen molar-refractivity contribution in [1.82, 2.24) is 20.9 Å². The van der Waals surface area contributed by atoms with Gasteiger partial charge in [0, 0.05) is 26.7 Å². The van der Waals surface area contributed by atoms with Crippen LogP contribution < -0.4 is 25.4 Å². The Bertz CT molecular complexity index is 667. The number of ether oxygens (including phenoxy) is 2. The normalized spacial score (nSPS) is 13.7. The molecule has 1 aromatic carbocycles. The Kier molecular flexibility index (Phi) is 9.68. The van der Waals surface area contributed by atoms with Gasteiger partial charge >= 0.3 is 6.03 Å². The van der Waals surface area contributed by atoms with Gasteiger partial charge in [-0.3, -0.25) is 14.7 Å². The van der Waals surface area contributed by atoms with Gasteiger partial charge < -0.3 is 25.4 Å². The van der Waals surface area contributed by atoms with Crippen LogP contribution in [0.2, 0.25) is 0 Å². The van der Waals surface area contributed by atoms with Crippen LogP contribution in [0.5, 0.6) is 11.5 Å². The zero-order valence-electron chi connectivity index (χ0n) is 15.7. The summed E-state index contributed by atoms with van der Waals surface area (Å²) in [4.78, 5) is 28.3. The number of carbonyl (C=O) groups is 2. The summed E-state index contributed by atoms with van der Waals surface area (Å²) in [5.41, 5.74) is 1.10. The molecular formula is C17H26IN5O4. The number of guanidine groups is 1. The molecule has 1 aromatic rings. The SMILES string of the molecule is CN=C(NCCc1ccc(OC)c(OC)c1)NCCN1C(=O)CNC1=O.I. The van der Waals surface area contributed by atoms with Crippen LogP contribution in [0.3, 0.4) is 0 Å². The molecule has 0 radical (unpaired) electrons. The molecule has 1 aliphatic heterocycles. The number of carbonyl (C=O) groups excluding carboxylic acids is 2. The van der Waals surface area contributed by atoms with Gasteiger partial charge in [-0.2, -0.15) is 0 Å². The number of imide groups is 1. The largest absolute Gasteiger partial charge is 0.493 e. The van der Waals surface area contributed by atoms with Gasteiger partial charge in [-0.1, -0.05) is 6.07 Å². The number of hydrogen-bond acceptors (Lipinski definition) is 5. The Morgan fingerprint density at radius 3 is 2.48 bits per heavy atom. The molecule has 0 aliphatic carbocycles. The Morgan fingerprint density at radius 2 is 1.89 bits per heavy atom. The Labute approximate surface area is 175 Å². The third-order valence-corrected chi connectivity index (χ3v) is 3.94. The highest BCUT2D eigenvalue weighted by molar-refractivity contribution is 14.0. The molecule has 0 saturated carbocycles. The number of methoxy groups -OCH3 is 2. The van der Waals surface area contributed by atoms with Crippen molar-refractivity contribution in [1.29, 1.82) is 0 Å². The Balaban J connectivity index is 0.00000364. The van der Waals surface area contributed by atoms with E-state index in [0.29, 0.717) is 37.1 Å². The van der Waals surface area contributed by atoms with Crippen molar-refractivity contribution in [3.8, 4) is 11.5 Å². The molecule has 10 heteroatoms. The fourth-order valence-corrected chi connectivity index (χ4v) is 2.55. The summed E-state index contributed by atoms with van der Waals surface area (Å²) in [5.74, 6) is 1.79. The van der Waals surface area contributed by atoms with Crippen molar-refractivity contribution in [2.45, 2.75) is 6.42 Å². The summed E-state index contributed by atoms with van der Waals surface area (Å²) in [6, 6.07) is 5.44. The zero-order valence-corrected chi connectivity index (χ0v) is 18.0. The minimum absolute atomic E-state index is 0. The second-order valence-electron chi connectivity index (χ2n) is 5.57. The number of benzene rings is 1. The lowest BCUT2D eigenvalue weighted by atomic mass is 10.1. The molecule has 3 N–H and O–H groups in total. The van der Waals surface area contributed by atoms with Crippen LogP contribution in [0.4, 0.5) is 4.79 Å². The number of halogens is 1. The van der Waals surface area contributed by atoms with Crippen LogP contribution in [-0.2, 0) is 11.2 Å². The van der Waals surface area contributed by atoms with Crippen LogP contribution in [0, 0.1) is 0 Å². The van der Waals surface area contributed by atoms with Gasteiger partial charge in [-0.05, 0) is 24.1 Å².